The maximum Gasteiger partial charge on any atom is 0.270 e. The van der Waals surface area contributed by atoms with Gasteiger partial charge in [-0.15, -0.1) is 5.10 Å². The Balaban J connectivity index is 1.52. The molecule has 164 valence electrons. The lowest BCUT2D eigenvalue weighted by Crippen LogP contribution is -2.13. The second-order valence-electron chi connectivity index (χ2n) is 7.98. The summed E-state index contributed by atoms with van der Waals surface area (Å²) in [4.78, 5) is 13.5. The van der Waals surface area contributed by atoms with Gasteiger partial charge in [0.1, 0.15) is 17.2 Å². The molecule has 1 aromatic carbocycles. The third-order valence-electron chi connectivity index (χ3n) is 5.70. The third-order valence-corrected chi connectivity index (χ3v) is 5.70. The van der Waals surface area contributed by atoms with E-state index in [-0.39, 0.29) is 11.5 Å². The fraction of sp³-hybridized carbons (Fsp3) is 0.304. The quantitative estimate of drug-likeness (QED) is 0.461. The summed E-state index contributed by atoms with van der Waals surface area (Å²) in [5, 5.41) is 4.59. The molecule has 32 heavy (non-hydrogen) atoms. The molecule has 0 N–H and O–H groups in total. The molecule has 7 nitrogen and oxygen atoms in total. The minimum atomic E-state index is -2.93. The van der Waals surface area contributed by atoms with Gasteiger partial charge >= 0.3 is 0 Å². The van der Waals surface area contributed by atoms with Gasteiger partial charge in [0.15, 0.2) is 5.82 Å². The standard InChI is InChI=1S/C23H22F2N6O/c1-14-12-30(13-26-14)19-9-8-18(27-22(19)32-3)20-28-21-16(10-11-31(21)29-20)15-6-4-5-7-17(15)23(2,24)25/h4-9,12-13,16H,10-11H2,1-3H3/t16-/m1/s1. The molecule has 0 spiro atoms. The molecular weight excluding hydrogens is 414 g/mol. The molecule has 5 rings (SSSR count). The summed E-state index contributed by atoms with van der Waals surface area (Å²) in [5.74, 6) is -1.64. The molecule has 1 aliphatic rings. The van der Waals surface area contributed by atoms with Gasteiger partial charge < -0.3 is 9.30 Å². The van der Waals surface area contributed by atoms with Crippen LogP contribution in [0.15, 0.2) is 48.9 Å². The molecule has 3 aromatic heterocycles. The van der Waals surface area contributed by atoms with Gasteiger partial charge in [-0.3, -0.25) is 0 Å². The zero-order valence-electron chi connectivity index (χ0n) is 18.0. The summed E-state index contributed by atoms with van der Waals surface area (Å²) in [5.41, 5.74) is 2.81. The van der Waals surface area contributed by atoms with Gasteiger partial charge in [0.05, 0.1) is 19.1 Å². The fourth-order valence-corrected chi connectivity index (χ4v) is 4.22. The average Bonchev–Trinajstić information content (AvgIpc) is 3.48. The average molecular weight is 436 g/mol. The van der Waals surface area contributed by atoms with Crippen LogP contribution in [0.25, 0.3) is 17.2 Å². The number of rotatable bonds is 5. The van der Waals surface area contributed by atoms with Crippen molar-refractivity contribution in [1.82, 2.24) is 29.3 Å². The minimum Gasteiger partial charge on any atom is -0.479 e. The summed E-state index contributed by atoms with van der Waals surface area (Å²) < 4.78 is 37.5. The van der Waals surface area contributed by atoms with Crippen molar-refractivity contribution in [3.8, 4) is 23.1 Å². The molecule has 1 aliphatic heterocycles. The summed E-state index contributed by atoms with van der Waals surface area (Å²) in [7, 11) is 1.55. The number of fused-ring (bicyclic) bond motifs is 1. The number of imidazole rings is 1. The number of aromatic nitrogens is 6. The zero-order valence-corrected chi connectivity index (χ0v) is 18.0. The van der Waals surface area contributed by atoms with Gasteiger partial charge in [-0.25, -0.2) is 28.4 Å². The number of alkyl halides is 2. The molecule has 0 amide bonds. The van der Waals surface area contributed by atoms with Gasteiger partial charge in [-0.1, -0.05) is 24.3 Å². The monoisotopic (exact) mass is 436 g/mol. The maximum absolute atomic E-state index is 14.2. The van der Waals surface area contributed by atoms with Crippen LogP contribution in [0.1, 0.15) is 41.9 Å². The van der Waals surface area contributed by atoms with E-state index < -0.39 is 5.92 Å². The SMILES string of the molecule is COc1nc(-c2nc3n(n2)CC[C@@H]3c2ccccc2C(C)(F)F)ccc1-n1cnc(C)c1. The Kier molecular flexibility index (Phi) is 4.76. The van der Waals surface area contributed by atoms with Crippen molar-refractivity contribution in [1.29, 1.82) is 0 Å². The van der Waals surface area contributed by atoms with Gasteiger partial charge in [0, 0.05) is 31.1 Å². The van der Waals surface area contributed by atoms with Crippen LogP contribution < -0.4 is 4.74 Å². The summed E-state index contributed by atoms with van der Waals surface area (Å²) in [6.07, 6.45) is 4.26. The van der Waals surface area contributed by atoms with Crippen LogP contribution in [-0.2, 0) is 12.5 Å². The molecule has 0 saturated carbocycles. The first-order chi connectivity index (χ1) is 15.3. The predicted octanol–water partition coefficient (Wildman–Crippen LogP) is 4.49. The summed E-state index contributed by atoms with van der Waals surface area (Å²) in [6.45, 7) is 3.45. The first-order valence-electron chi connectivity index (χ1n) is 10.3. The first-order valence-corrected chi connectivity index (χ1v) is 10.3. The maximum atomic E-state index is 14.2. The molecule has 0 fully saturated rings. The molecule has 0 aliphatic carbocycles. The lowest BCUT2D eigenvalue weighted by molar-refractivity contribution is 0.0163. The first kappa shape index (κ1) is 20.3. The van der Waals surface area contributed by atoms with E-state index in [0.29, 0.717) is 41.8 Å². The number of nitrogens with zero attached hydrogens (tertiary/aromatic N) is 6. The van der Waals surface area contributed by atoms with Crippen molar-refractivity contribution in [2.24, 2.45) is 0 Å². The normalized spacial score (nSPS) is 15.7. The largest absolute Gasteiger partial charge is 0.479 e. The Hall–Kier alpha value is -3.62. The van der Waals surface area contributed by atoms with Crippen LogP contribution in [-0.4, -0.2) is 36.4 Å². The molecular formula is C23H22F2N6O. The number of pyridine rings is 1. The van der Waals surface area contributed by atoms with Crippen molar-refractivity contribution < 1.29 is 13.5 Å². The molecule has 0 bridgehead atoms. The van der Waals surface area contributed by atoms with E-state index in [2.05, 4.69) is 15.1 Å². The number of halogens is 2. The molecule has 1 atom stereocenters. The highest BCUT2D eigenvalue weighted by atomic mass is 19.3. The van der Waals surface area contributed by atoms with Crippen molar-refractivity contribution >= 4 is 0 Å². The van der Waals surface area contributed by atoms with E-state index in [0.717, 1.165) is 18.3 Å². The number of benzene rings is 1. The van der Waals surface area contributed by atoms with Gasteiger partial charge in [0.25, 0.3) is 5.92 Å². The van der Waals surface area contributed by atoms with Crippen LogP contribution in [0, 0.1) is 6.92 Å². The minimum absolute atomic E-state index is 0.0303. The van der Waals surface area contributed by atoms with E-state index in [1.807, 2.05) is 29.8 Å². The van der Waals surface area contributed by atoms with Crippen LogP contribution >= 0.6 is 0 Å². The van der Waals surface area contributed by atoms with Crippen LogP contribution in [0.5, 0.6) is 5.88 Å². The van der Waals surface area contributed by atoms with Gasteiger partial charge in [-0.05, 0) is 31.0 Å². The Bertz CT molecular complexity index is 1290. The van der Waals surface area contributed by atoms with E-state index in [1.165, 1.54) is 6.07 Å². The zero-order chi connectivity index (χ0) is 22.5. The number of ether oxygens (including phenoxy) is 1. The fourth-order valence-electron chi connectivity index (χ4n) is 4.22. The summed E-state index contributed by atoms with van der Waals surface area (Å²) in [6, 6.07) is 10.4. The van der Waals surface area contributed by atoms with Crippen molar-refractivity contribution in [2.75, 3.05) is 7.11 Å². The van der Waals surface area contributed by atoms with E-state index in [4.69, 9.17) is 9.72 Å². The second kappa shape index (κ2) is 7.51. The molecule has 4 aromatic rings. The van der Waals surface area contributed by atoms with E-state index in [9.17, 15) is 8.78 Å². The topological polar surface area (TPSA) is 70.7 Å². The van der Waals surface area contributed by atoms with Crippen LogP contribution in [0.2, 0.25) is 0 Å². The number of hydrogen-bond donors (Lipinski definition) is 0. The Labute approximate surface area is 183 Å². The highest BCUT2D eigenvalue weighted by molar-refractivity contribution is 5.56. The number of aryl methyl sites for hydroxylation is 2. The van der Waals surface area contributed by atoms with Crippen LogP contribution in [0.3, 0.4) is 0 Å². The molecule has 0 unspecified atom stereocenters. The highest BCUT2D eigenvalue weighted by Gasteiger charge is 2.35. The molecule has 0 saturated heterocycles. The summed E-state index contributed by atoms with van der Waals surface area (Å²) >= 11 is 0. The lowest BCUT2D eigenvalue weighted by atomic mass is 9.90. The van der Waals surface area contributed by atoms with Gasteiger partial charge in [0.2, 0.25) is 5.88 Å². The lowest BCUT2D eigenvalue weighted by Gasteiger charge is -2.19. The Morgan fingerprint density at radius 2 is 1.94 bits per heavy atom. The van der Waals surface area contributed by atoms with Crippen molar-refractivity contribution in [3.05, 3.63) is 71.6 Å². The number of hydrogen-bond acceptors (Lipinski definition) is 5. The Morgan fingerprint density at radius 1 is 1.12 bits per heavy atom. The molecule has 0 radical (unpaired) electrons. The van der Waals surface area contributed by atoms with Gasteiger partial charge in [-0.2, -0.15) is 0 Å². The molecule has 9 heteroatoms. The van der Waals surface area contributed by atoms with Crippen molar-refractivity contribution in [2.45, 2.75) is 38.7 Å². The highest BCUT2D eigenvalue weighted by Crippen LogP contribution is 2.40. The predicted molar refractivity (Wildman–Crippen MR) is 114 cm³/mol. The smallest absolute Gasteiger partial charge is 0.270 e. The second-order valence-corrected chi connectivity index (χ2v) is 7.98. The van der Waals surface area contributed by atoms with E-state index in [1.54, 1.807) is 36.3 Å². The number of methoxy groups -OCH3 is 1. The van der Waals surface area contributed by atoms with Crippen molar-refractivity contribution in [3.63, 3.8) is 0 Å². The van der Waals surface area contributed by atoms with E-state index >= 15 is 0 Å². The third kappa shape index (κ3) is 3.43. The Morgan fingerprint density at radius 3 is 2.66 bits per heavy atom. The van der Waals surface area contributed by atoms with Crippen LogP contribution in [0.4, 0.5) is 8.78 Å². The molecule has 4 heterocycles.